The Morgan fingerprint density at radius 2 is 2.14 bits per heavy atom. The molecule has 0 saturated carbocycles. The van der Waals surface area contributed by atoms with E-state index in [2.05, 4.69) is 5.32 Å². The van der Waals surface area contributed by atoms with Gasteiger partial charge < -0.3 is 15.3 Å². The number of benzene rings is 1. The molecule has 2 unspecified atom stereocenters. The van der Waals surface area contributed by atoms with Crippen molar-refractivity contribution in [2.24, 2.45) is 0 Å². The number of nitrogens with one attached hydrogen (secondary N) is 1. The van der Waals surface area contributed by atoms with E-state index in [4.69, 9.17) is 0 Å². The van der Waals surface area contributed by atoms with Crippen LogP contribution in [-0.4, -0.2) is 42.1 Å². The second-order valence-corrected chi connectivity index (χ2v) is 5.40. The Morgan fingerprint density at radius 1 is 1.43 bits per heavy atom. The number of likely N-dealkylation sites (tertiary alicyclic amines) is 1. The predicted molar refractivity (Wildman–Crippen MR) is 86.5 cm³/mol. The summed E-state index contributed by atoms with van der Waals surface area (Å²) in [4.78, 5) is 14.1. The standard InChI is InChI=1S/C16H24N2O2.ClH/c1-17-10-9-16(20)18-11-5-8-14(18)12-15(19)13-6-3-2-4-7-13;/h2-4,6-7,14-15,17,19H,5,8-12H2,1H3;1H. The summed E-state index contributed by atoms with van der Waals surface area (Å²) >= 11 is 0. The van der Waals surface area contributed by atoms with Crippen molar-refractivity contribution in [3.05, 3.63) is 35.9 Å². The van der Waals surface area contributed by atoms with Crippen LogP contribution in [0.15, 0.2) is 30.3 Å². The first-order valence-electron chi connectivity index (χ1n) is 7.39. The zero-order valence-corrected chi connectivity index (χ0v) is 13.3. The topological polar surface area (TPSA) is 52.6 Å². The molecule has 4 nitrogen and oxygen atoms in total. The summed E-state index contributed by atoms with van der Waals surface area (Å²) in [6.07, 6.45) is 2.72. The van der Waals surface area contributed by atoms with Gasteiger partial charge in [-0.1, -0.05) is 30.3 Å². The van der Waals surface area contributed by atoms with Gasteiger partial charge in [-0.25, -0.2) is 0 Å². The van der Waals surface area contributed by atoms with Crippen molar-refractivity contribution in [3.63, 3.8) is 0 Å². The molecule has 0 spiro atoms. The van der Waals surface area contributed by atoms with Crippen LogP contribution in [0.4, 0.5) is 0 Å². The van der Waals surface area contributed by atoms with Crippen LogP contribution in [0.1, 0.15) is 37.4 Å². The fourth-order valence-corrected chi connectivity index (χ4v) is 2.85. The highest BCUT2D eigenvalue weighted by Gasteiger charge is 2.30. The van der Waals surface area contributed by atoms with Crippen LogP contribution < -0.4 is 5.32 Å². The maximum absolute atomic E-state index is 12.1. The van der Waals surface area contributed by atoms with Crippen molar-refractivity contribution in [2.45, 2.75) is 37.8 Å². The number of amides is 1. The minimum atomic E-state index is -0.487. The number of hydrogen-bond acceptors (Lipinski definition) is 3. The number of hydrogen-bond donors (Lipinski definition) is 2. The molecule has 21 heavy (non-hydrogen) atoms. The second kappa shape index (κ2) is 9.03. The molecule has 0 radical (unpaired) electrons. The van der Waals surface area contributed by atoms with Gasteiger partial charge in [0.15, 0.2) is 0 Å². The molecule has 1 aromatic carbocycles. The summed E-state index contributed by atoms with van der Waals surface area (Å²) in [5, 5.41) is 13.3. The molecule has 1 aliphatic heterocycles. The van der Waals surface area contributed by atoms with E-state index in [1.165, 1.54) is 0 Å². The summed E-state index contributed by atoms with van der Waals surface area (Å²) < 4.78 is 0. The monoisotopic (exact) mass is 312 g/mol. The second-order valence-electron chi connectivity index (χ2n) is 5.40. The zero-order chi connectivity index (χ0) is 14.4. The number of carbonyl (C=O) groups excluding carboxylic acids is 1. The van der Waals surface area contributed by atoms with Crippen LogP contribution in [-0.2, 0) is 4.79 Å². The lowest BCUT2D eigenvalue weighted by molar-refractivity contribution is -0.132. The van der Waals surface area contributed by atoms with E-state index >= 15 is 0 Å². The highest BCUT2D eigenvalue weighted by molar-refractivity contribution is 5.85. The molecule has 1 amide bonds. The number of rotatable bonds is 6. The normalized spacial score (nSPS) is 19.1. The smallest absolute Gasteiger partial charge is 0.224 e. The van der Waals surface area contributed by atoms with Crippen molar-refractivity contribution < 1.29 is 9.90 Å². The van der Waals surface area contributed by atoms with Crippen LogP contribution >= 0.6 is 12.4 Å². The molecular weight excluding hydrogens is 288 g/mol. The predicted octanol–water partition coefficient (Wildman–Crippen LogP) is 2.13. The van der Waals surface area contributed by atoms with E-state index in [0.717, 1.165) is 24.9 Å². The van der Waals surface area contributed by atoms with Crippen LogP contribution in [0.25, 0.3) is 0 Å². The van der Waals surface area contributed by atoms with E-state index in [9.17, 15) is 9.90 Å². The van der Waals surface area contributed by atoms with Crippen molar-refractivity contribution in [2.75, 3.05) is 20.1 Å². The Bertz CT molecular complexity index is 428. The van der Waals surface area contributed by atoms with Gasteiger partial charge in [-0.05, 0) is 31.9 Å². The number of nitrogens with zero attached hydrogens (tertiary/aromatic N) is 1. The average Bonchev–Trinajstić information content (AvgIpc) is 2.94. The molecule has 0 aromatic heterocycles. The van der Waals surface area contributed by atoms with Crippen LogP contribution in [0.3, 0.4) is 0 Å². The number of carbonyl (C=O) groups is 1. The molecule has 118 valence electrons. The van der Waals surface area contributed by atoms with Crippen molar-refractivity contribution in [1.29, 1.82) is 0 Å². The molecule has 2 rings (SSSR count). The summed E-state index contributed by atoms with van der Waals surface area (Å²) in [7, 11) is 1.86. The Labute approximate surface area is 132 Å². The minimum absolute atomic E-state index is 0. The first-order chi connectivity index (χ1) is 9.72. The van der Waals surface area contributed by atoms with Gasteiger partial charge in [0.2, 0.25) is 5.91 Å². The van der Waals surface area contributed by atoms with E-state index in [0.29, 0.717) is 19.4 Å². The molecule has 5 heteroatoms. The first-order valence-corrected chi connectivity index (χ1v) is 7.39. The van der Waals surface area contributed by atoms with Crippen LogP contribution in [0.2, 0.25) is 0 Å². The lowest BCUT2D eigenvalue weighted by Gasteiger charge is -2.27. The van der Waals surface area contributed by atoms with Gasteiger partial charge in [-0.15, -0.1) is 12.4 Å². The Kier molecular flexibility index (Phi) is 7.72. The van der Waals surface area contributed by atoms with Gasteiger partial charge in [0.1, 0.15) is 0 Å². The first kappa shape index (κ1) is 18.0. The molecular formula is C16H25ClN2O2. The molecule has 0 aliphatic carbocycles. The van der Waals surface area contributed by atoms with Crippen molar-refractivity contribution in [1.82, 2.24) is 10.2 Å². The summed E-state index contributed by atoms with van der Waals surface area (Å²) in [6.45, 7) is 1.54. The number of aliphatic hydroxyl groups excluding tert-OH is 1. The minimum Gasteiger partial charge on any atom is -0.388 e. The number of halogens is 1. The van der Waals surface area contributed by atoms with Gasteiger partial charge in [0.05, 0.1) is 6.10 Å². The SMILES string of the molecule is CNCCC(=O)N1CCCC1CC(O)c1ccccc1.Cl. The van der Waals surface area contributed by atoms with E-state index in [1.54, 1.807) is 0 Å². The third kappa shape index (κ3) is 4.99. The highest BCUT2D eigenvalue weighted by Crippen LogP contribution is 2.27. The van der Waals surface area contributed by atoms with Crippen molar-refractivity contribution in [3.8, 4) is 0 Å². The van der Waals surface area contributed by atoms with E-state index < -0.39 is 6.10 Å². The van der Waals surface area contributed by atoms with Gasteiger partial charge in [0.25, 0.3) is 0 Å². The third-order valence-corrected chi connectivity index (χ3v) is 3.97. The van der Waals surface area contributed by atoms with Gasteiger partial charge in [-0.2, -0.15) is 0 Å². The zero-order valence-electron chi connectivity index (χ0n) is 12.5. The number of aliphatic hydroxyl groups is 1. The highest BCUT2D eigenvalue weighted by atomic mass is 35.5. The molecule has 2 N–H and O–H groups in total. The molecule has 1 aliphatic rings. The Balaban J connectivity index is 0.00000220. The molecule has 2 atom stereocenters. The molecule has 1 heterocycles. The van der Waals surface area contributed by atoms with E-state index in [1.807, 2.05) is 42.3 Å². The van der Waals surface area contributed by atoms with Crippen LogP contribution in [0.5, 0.6) is 0 Å². The summed E-state index contributed by atoms with van der Waals surface area (Å²) in [6, 6.07) is 9.86. The van der Waals surface area contributed by atoms with Gasteiger partial charge in [-0.3, -0.25) is 4.79 Å². The lowest BCUT2D eigenvalue weighted by atomic mass is 10.0. The largest absolute Gasteiger partial charge is 0.388 e. The Hall–Kier alpha value is -1.10. The van der Waals surface area contributed by atoms with Gasteiger partial charge in [0, 0.05) is 25.6 Å². The molecule has 1 aromatic rings. The Morgan fingerprint density at radius 3 is 2.81 bits per heavy atom. The van der Waals surface area contributed by atoms with Crippen molar-refractivity contribution >= 4 is 18.3 Å². The maximum atomic E-state index is 12.1. The van der Waals surface area contributed by atoms with Crippen LogP contribution in [0, 0.1) is 0 Å². The average molecular weight is 313 g/mol. The molecule has 1 fully saturated rings. The van der Waals surface area contributed by atoms with E-state index in [-0.39, 0.29) is 24.4 Å². The fourth-order valence-electron chi connectivity index (χ4n) is 2.85. The summed E-state index contributed by atoms with van der Waals surface area (Å²) in [5.74, 6) is 0.196. The third-order valence-electron chi connectivity index (χ3n) is 3.97. The molecule has 0 bridgehead atoms. The fraction of sp³-hybridized carbons (Fsp3) is 0.562. The lowest BCUT2D eigenvalue weighted by Crippen LogP contribution is -2.37. The van der Waals surface area contributed by atoms with Gasteiger partial charge >= 0.3 is 0 Å². The maximum Gasteiger partial charge on any atom is 0.224 e. The quantitative estimate of drug-likeness (QED) is 0.846. The summed E-state index contributed by atoms with van der Waals surface area (Å²) in [5.41, 5.74) is 0.932. The molecule has 1 saturated heterocycles.